The van der Waals surface area contributed by atoms with Gasteiger partial charge < -0.3 is 9.84 Å². The summed E-state index contributed by atoms with van der Waals surface area (Å²) in [6.45, 7) is 1.28. The molecular formula is C12H17NO5S. The molecule has 0 fully saturated rings. The van der Waals surface area contributed by atoms with Crippen LogP contribution in [0.3, 0.4) is 0 Å². The molecule has 0 amide bonds. The van der Waals surface area contributed by atoms with Gasteiger partial charge in [-0.15, -0.1) is 0 Å². The number of rotatable bonds is 6. The van der Waals surface area contributed by atoms with Crippen molar-refractivity contribution in [3.05, 3.63) is 29.8 Å². The van der Waals surface area contributed by atoms with Gasteiger partial charge in [0, 0.05) is 6.04 Å². The lowest BCUT2D eigenvalue weighted by atomic mass is 10.2. The number of nitrogens with one attached hydrogen (secondary N) is 1. The summed E-state index contributed by atoms with van der Waals surface area (Å²) in [4.78, 5) is 11.2. The molecule has 1 atom stereocenters. The Morgan fingerprint density at radius 2 is 1.95 bits per heavy atom. The van der Waals surface area contributed by atoms with Gasteiger partial charge in [-0.1, -0.05) is 12.1 Å². The summed E-state index contributed by atoms with van der Waals surface area (Å²) in [7, 11) is -2.36. The second-order valence-electron chi connectivity index (χ2n) is 4.10. The van der Waals surface area contributed by atoms with Crippen LogP contribution in [0.4, 0.5) is 0 Å². The molecule has 0 bridgehead atoms. The lowest BCUT2D eigenvalue weighted by Crippen LogP contribution is -2.34. The van der Waals surface area contributed by atoms with Crippen LogP contribution < -0.4 is 4.72 Å². The number of aliphatic hydroxyl groups excluding tert-OH is 1. The zero-order valence-electron chi connectivity index (χ0n) is 10.8. The average Bonchev–Trinajstić information content (AvgIpc) is 2.38. The number of benzene rings is 1. The van der Waals surface area contributed by atoms with Gasteiger partial charge >= 0.3 is 5.97 Å². The molecule has 0 saturated carbocycles. The van der Waals surface area contributed by atoms with Gasteiger partial charge in [-0.2, -0.15) is 0 Å². The van der Waals surface area contributed by atoms with E-state index >= 15 is 0 Å². The molecule has 1 aromatic carbocycles. The first-order valence-corrected chi connectivity index (χ1v) is 7.16. The number of methoxy groups -OCH3 is 1. The maximum atomic E-state index is 11.9. The molecule has 1 rings (SSSR count). The molecule has 106 valence electrons. The van der Waals surface area contributed by atoms with E-state index in [9.17, 15) is 13.2 Å². The van der Waals surface area contributed by atoms with Crippen LogP contribution >= 0.6 is 0 Å². The third-order valence-electron chi connectivity index (χ3n) is 2.44. The minimum absolute atomic E-state index is 0.0846. The normalized spacial score (nSPS) is 13.0. The fourth-order valence-corrected chi connectivity index (χ4v) is 2.63. The Bertz CT molecular complexity index is 524. The van der Waals surface area contributed by atoms with Crippen molar-refractivity contribution in [2.45, 2.75) is 24.3 Å². The highest BCUT2D eigenvalue weighted by Crippen LogP contribution is 2.11. The number of hydrogen-bond acceptors (Lipinski definition) is 5. The molecule has 1 unspecified atom stereocenters. The van der Waals surface area contributed by atoms with Crippen molar-refractivity contribution >= 4 is 16.0 Å². The minimum Gasteiger partial charge on any atom is -0.469 e. The first-order chi connectivity index (χ1) is 8.89. The van der Waals surface area contributed by atoms with Gasteiger partial charge in [-0.3, -0.25) is 4.79 Å². The summed E-state index contributed by atoms with van der Waals surface area (Å²) in [5.74, 6) is -0.386. The highest BCUT2D eigenvalue weighted by Gasteiger charge is 2.16. The number of sulfonamides is 1. The van der Waals surface area contributed by atoms with Gasteiger partial charge in [0.25, 0.3) is 0 Å². The summed E-state index contributed by atoms with van der Waals surface area (Å²) >= 11 is 0. The summed E-state index contributed by atoms with van der Waals surface area (Å²) < 4.78 is 30.6. The van der Waals surface area contributed by atoms with Crippen LogP contribution in [0.5, 0.6) is 0 Å². The molecule has 0 aliphatic rings. The number of aliphatic hydroxyl groups is 1. The van der Waals surface area contributed by atoms with E-state index in [0.29, 0.717) is 5.56 Å². The van der Waals surface area contributed by atoms with Crippen molar-refractivity contribution in [2.75, 3.05) is 13.7 Å². The van der Waals surface area contributed by atoms with Crippen LogP contribution in [-0.4, -0.2) is 39.3 Å². The van der Waals surface area contributed by atoms with Crippen LogP contribution in [0.1, 0.15) is 12.5 Å². The number of ether oxygens (including phenoxy) is 1. The monoisotopic (exact) mass is 287 g/mol. The molecular weight excluding hydrogens is 270 g/mol. The molecule has 6 nitrogen and oxygen atoms in total. The van der Waals surface area contributed by atoms with E-state index in [-0.39, 0.29) is 23.9 Å². The molecule has 2 N–H and O–H groups in total. The van der Waals surface area contributed by atoms with E-state index in [1.54, 1.807) is 19.1 Å². The van der Waals surface area contributed by atoms with Crippen molar-refractivity contribution in [1.82, 2.24) is 4.72 Å². The van der Waals surface area contributed by atoms with Crippen molar-refractivity contribution < 1.29 is 23.1 Å². The van der Waals surface area contributed by atoms with E-state index in [4.69, 9.17) is 5.11 Å². The smallest absolute Gasteiger partial charge is 0.309 e. The molecule has 0 aliphatic heterocycles. The molecule has 0 radical (unpaired) electrons. The van der Waals surface area contributed by atoms with Crippen LogP contribution in [0, 0.1) is 0 Å². The Hall–Kier alpha value is -1.44. The maximum Gasteiger partial charge on any atom is 0.309 e. The van der Waals surface area contributed by atoms with Crippen LogP contribution in [0.2, 0.25) is 0 Å². The highest BCUT2D eigenvalue weighted by molar-refractivity contribution is 7.89. The van der Waals surface area contributed by atoms with Crippen molar-refractivity contribution in [1.29, 1.82) is 0 Å². The molecule has 1 aromatic rings. The van der Waals surface area contributed by atoms with Crippen molar-refractivity contribution in [2.24, 2.45) is 0 Å². The van der Waals surface area contributed by atoms with Crippen LogP contribution in [-0.2, 0) is 26.0 Å². The Morgan fingerprint density at radius 3 is 2.42 bits per heavy atom. The topological polar surface area (TPSA) is 92.7 Å². The quantitative estimate of drug-likeness (QED) is 0.722. The largest absolute Gasteiger partial charge is 0.469 e. The first kappa shape index (κ1) is 15.6. The molecule has 7 heteroatoms. The maximum absolute atomic E-state index is 11.9. The minimum atomic E-state index is -3.65. The summed E-state index contributed by atoms with van der Waals surface area (Å²) in [6, 6.07) is 5.36. The van der Waals surface area contributed by atoms with E-state index in [0.717, 1.165) is 0 Å². The lowest BCUT2D eigenvalue weighted by molar-refractivity contribution is -0.139. The standard InChI is InChI=1S/C12H17NO5S/c1-9(8-14)13-19(16,17)11-5-3-10(4-6-11)7-12(15)18-2/h3-6,9,13-14H,7-8H2,1-2H3. The Morgan fingerprint density at radius 1 is 1.37 bits per heavy atom. The molecule has 0 spiro atoms. The summed E-state index contributed by atoms with van der Waals surface area (Å²) in [6.07, 6.45) is 0.0945. The molecule has 0 aliphatic carbocycles. The SMILES string of the molecule is COC(=O)Cc1ccc(S(=O)(=O)NC(C)CO)cc1. The second-order valence-corrected chi connectivity index (χ2v) is 5.82. The van der Waals surface area contributed by atoms with E-state index in [1.807, 2.05) is 0 Å². The van der Waals surface area contributed by atoms with E-state index in [2.05, 4.69) is 9.46 Å². The molecule has 19 heavy (non-hydrogen) atoms. The Kier molecular flexibility index (Phi) is 5.46. The summed E-state index contributed by atoms with van der Waals surface area (Å²) in [5.41, 5.74) is 0.668. The predicted octanol–water partition coefficient (Wildman–Crippen LogP) is 0.0612. The summed E-state index contributed by atoms with van der Waals surface area (Å²) in [5, 5.41) is 8.84. The first-order valence-electron chi connectivity index (χ1n) is 5.68. The van der Waals surface area contributed by atoms with Crippen LogP contribution in [0.15, 0.2) is 29.2 Å². The number of hydrogen-bond donors (Lipinski definition) is 2. The van der Waals surface area contributed by atoms with Gasteiger partial charge in [0.1, 0.15) is 0 Å². The highest BCUT2D eigenvalue weighted by atomic mass is 32.2. The lowest BCUT2D eigenvalue weighted by Gasteiger charge is -2.11. The zero-order chi connectivity index (χ0) is 14.5. The fourth-order valence-electron chi connectivity index (χ4n) is 1.40. The van der Waals surface area contributed by atoms with E-state index in [1.165, 1.54) is 19.2 Å². The van der Waals surface area contributed by atoms with Crippen molar-refractivity contribution in [3.63, 3.8) is 0 Å². The fraction of sp³-hybridized carbons (Fsp3) is 0.417. The molecule has 0 aromatic heterocycles. The molecule has 0 saturated heterocycles. The van der Waals surface area contributed by atoms with Crippen LogP contribution in [0.25, 0.3) is 0 Å². The van der Waals surface area contributed by atoms with Gasteiger partial charge in [0.05, 0.1) is 25.0 Å². The number of esters is 1. The van der Waals surface area contributed by atoms with Gasteiger partial charge in [-0.25, -0.2) is 13.1 Å². The number of carbonyl (C=O) groups is 1. The van der Waals surface area contributed by atoms with Gasteiger partial charge in [0.2, 0.25) is 10.0 Å². The average molecular weight is 287 g/mol. The second kappa shape index (κ2) is 6.65. The molecule has 0 heterocycles. The third-order valence-corrected chi connectivity index (χ3v) is 4.05. The van der Waals surface area contributed by atoms with Gasteiger partial charge in [-0.05, 0) is 24.6 Å². The van der Waals surface area contributed by atoms with Gasteiger partial charge in [0.15, 0.2) is 0 Å². The Balaban J connectivity index is 2.83. The third kappa shape index (κ3) is 4.62. The number of carbonyl (C=O) groups excluding carboxylic acids is 1. The van der Waals surface area contributed by atoms with E-state index < -0.39 is 16.1 Å². The Labute approximate surface area is 112 Å². The van der Waals surface area contributed by atoms with Crippen molar-refractivity contribution in [3.8, 4) is 0 Å². The predicted molar refractivity (Wildman–Crippen MR) is 69.0 cm³/mol. The zero-order valence-corrected chi connectivity index (χ0v) is 11.6.